The molecule has 1 aromatic carbocycles. The maximum Gasteiger partial charge on any atom is 0.389 e. The number of unbranched alkanes of at least 4 members (excludes halogenated alkanes) is 1. The molecule has 0 radical (unpaired) electrons. The van der Waals surface area contributed by atoms with E-state index in [0.717, 1.165) is 23.4 Å². The summed E-state index contributed by atoms with van der Waals surface area (Å²) in [5.74, 6) is -0.520. The Labute approximate surface area is 146 Å². The van der Waals surface area contributed by atoms with Crippen LogP contribution in [0.4, 0.5) is 18.9 Å². The third-order valence-electron chi connectivity index (χ3n) is 3.96. The van der Waals surface area contributed by atoms with E-state index in [4.69, 9.17) is 4.74 Å². The van der Waals surface area contributed by atoms with Gasteiger partial charge >= 0.3 is 12.1 Å². The van der Waals surface area contributed by atoms with E-state index in [0.29, 0.717) is 5.56 Å². The fourth-order valence-electron chi connectivity index (χ4n) is 2.08. The van der Waals surface area contributed by atoms with Gasteiger partial charge in [0.1, 0.15) is 0 Å². The van der Waals surface area contributed by atoms with Crippen LogP contribution < -0.4 is 0 Å². The van der Waals surface area contributed by atoms with E-state index in [1.165, 1.54) is 0 Å². The van der Waals surface area contributed by atoms with E-state index < -0.39 is 18.6 Å². The average molecular weight is 358 g/mol. The number of nitrogens with zero attached hydrogens (tertiary/aromatic N) is 2. The maximum atomic E-state index is 12.1. The van der Waals surface area contributed by atoms with E-state index in [9.17, 15) is 18.0 Å². The number of esters is 1. The highest BCUT2D eigenvalue weighted by molar-refractivity contribution is 5.92. The zero-order valence-electron chi connectivity index (χ0n) is 15.1. The lowest BCUT2D eigenvalue weighted by molar-refractivity contribution is -0.135. The first-order chi connectivity index (χ1) is 11.7. The van der Waals surface area contributed by atoms with Gasteiger partial charge < -0.3 is 9.64 Å². The quantitative estimate of drug-likeness (QED) is 0.290. The van der Waals surface area contributed by atoms with Crippen molar-refractivity contribution in [1.82, 2.24) is 4.90 Å². The van der Waals surface area contributed by atoms with Crippen molar-refractivity contribution in [1.29, 1.82) is 0 Å². The van der Waals surface area contributed by atoms with Gasteiger partial charge in [0, 0.05) is 20.0 Å². The Balaban J connectivity index is 2.65. The molecule has 0 saturated heterocycles. The molecule has 25 heavy (non-hydrogen) atoms. The van der Waals surface area contributed by atoms with E-state index in [1.807, 2.05) is 25.8 Å². The number of hydrogen-bond donors (Lipinski definition) is 0. The van der Waals surface area contributed by atoms with E-state index in [1.54, 1.807) is 25.4 Å². The van der Waals surface area contributed by atoms with Crippen molar-refractivity contribution in [2.75, 3.05) is 20.2 Å². The second kappa shape index (κ2) is 9.44. The van der Waals surface area contributed by atoms with Gasteiger partial charge in [0.25, 0.3) is 0 Å². The van der Waals surface area contributed by atoms with Gasteiger partial charge in [-0.25, -0.2) is 9.79 Å². The van der Waals surface area contributed by atoms with Gasteiger partial charge in [-0.15, -0.1) is 0 Å². The monoisotopic (exact) mass is 358 g/mol. The Bertz CT molecular complexity index is 613. The summed E-state index contributed by atoms with van der Waals surface area (Å²) in [7, 11) is 1.91. The Morgan fingerprint density at radius 1 is 1.24 bits per heavy atom. The number of carbonyl (C=O) groups excluding carboxylic acids is 1. The summed E-state index contributed by atoms with van der Waals surface area (Å²) in [5, 5.41) is 0. The third-order valence-corrected chi connectivity index (χ3v) is 3.96. The van der Waals surface area contributed by atoms with E-state index in [-0.39, 0.29) is 19.4 Å². The molecule has 0 N–H and O–H groups in total. The first-order valence-electron chi connectivity index (χ1n) is 8.24. The number of hydrogen-bond acceptors (Lipinski definition) is 3. The lowest BCUT2D eigenvalue weighted by Gasteiger charge is -2.12. The van der Waals surface area contributed by atoms with Crippen LogP contribution in [0.25, 0.3) is 0 Å². The molecule has 1 aromatic rings. The van der Waals surface area contributed by atoms with Crippen molar-refractivity contribution in [3.63, 3.8) is 0 Å². The number of alkyl halides is 3. The summed E-state index contributed by atoms with van der Waals surface area (Å²) in [5.41, 5.74) is 2.80. The molecule has 0 saturated carbocycles. The molecule has 0 unspecified atom stereocenters. The van der Waals surface area contributed by atoms with Crippen LogP contribution in [0.5, 0.6) is 0 Å². The van der Waals surface area contributed by atoms with Gasteiger partial charge in [-0.2, -0.15) is 13.2 Å². The second-order valence-corrected chi connectivity index (χ2v) is 5.91. The molecule has 0 fully saturated rings. The molecule has 7 heteroatoms. The summed E-state index contributed by atoms with van der Waals surface area (Å²) >= 11 is 0. The minimum atomic E-state index is -4.17. The highest BCUT2D eigenvalue weighted by atomic mass is 19.4. The van der Waals surface area contributed by atoms with Crippen molar-refractivity contribution >= 4 is 18.0 Å². The van der Waals surface area contributed by atoms with Crippen LogP contribution in [0, 0.1) is 13.8 Å². The largest absolute Gasteiger partial charge is 0.462 e. The molecule has 0 atom stereocenters. The number of ether oxygens (including phenoxy) is 1. The van der Waals surface area contributed by atoms with Gasteiger partial charge in [0.15, 0.2) is 0 Å². The predicted octanol–water partition coefficient (Wildman–Crippen LogP) is 4.80. The summed E-state index contributed by atoms with van der Waals surface area (Å²) in [6, 6.07) is 3.38. The lowest BCUT2D eigenvalue weighted by atomic mass is 10.0. The number of aliphatic imine (C=N–C) groups is 1. The number of rotatable bonds is 8. The highest BCUT2D eigenvalue weighted by Crippen LogP contribution is 2.25. The van der Waals surface area contributed by atoms with Gasteiger partial charge in [0.2, 0.25) is 0 Å². The normalized spacial score (nSPS) is 11.8. The summed E-state index contributed by atoms with van der Waals surface area (Å²) in [6.07, 6.45) is -3.16. The predicted molar refractivity (Wildman–Crippen MR) is 92.6 cm³/mol. The first-order valence-corrected chi connectivity index (χ1v) is 8.24. The van der Waals surface area contributed by atoms with E-state index in [2.05, 4.69) is 4.99 Å². The zero-order chi connectivity index (χ0) is 19.0. The van der Waals surface area contributed by atoms with Gasteiger partial charge in [0.05, 0.1) is 24.2 Å². The minimum Gasteiger partial charge on any atom is -0.462 e. The molecule has 0 aliphatic carbocycles. The van der Waals surface area contributed by atoms with E-state index >= 15 is 0 Å². The van der Waals surface area contributed by atoms with Crippen LogP contribution in [0.15, 0.2) is 17.1 Å². The Hall–Kier alpha value is -2.05. The van der Waals surface area contributed by atoms with Gasteiger partial charge in [-0.05, 0) is 56.9 Å². The molecule has 140 valence electrons. The molecule has 0 heterocycles. The molecule has 0 aliphatic rings. The van der Waals surface area contributed by atoms with Crippen molar-refractivity contribution in [2.24, 2.45) is 4.99 Å². The fourth-order valence-corrected chi connectivity index (χ4v) is 2.08. The van der Waals surface area contributed by atoms with Gasteiger partial charge in [-0.1, -0.05) is 0 Å². The number of carbonyl (C=O) groups is 1. The maximum absolute atomic E-state index is 12.1. The Kier molecular flexibility index (Phi) is 7.93. The summed E-state index contributed by atoms with van der Waals surface area (Å²) in [6.45, 7) is 6.50. The first kappa shape index (κ1) is 21.0. The minimum absolute atomic E-state index is 0.0192. The lowest BCUT2D eigenvalue weighted by Crippen LogP contribution is -2.14. The molecular formula is C18H25F3N2O2. The molecule has 4 nitrogen and oxygen atoms in total. The number of benzene rings is 1. The molecule has 0 spiro atoms. The molecule has 0 aliphatic heterocycles. The molecule has 1 rings (SSSR count). The van der Waals surface area contributed by atoms with Crippen LogP contribution in [0.2, 0.25) is 0 Å². The number of halogens is 3. The van der Waals surface area contributed by atoms with Crippen molar-refractivity contribution in [2.45, 2.75) is 46.2 Å². The molecule has 0 amide bonds. The van der Waals surface area contributed by atoms with Crippen molar-refractivity contribution in [3.05, 3.63) is 28.8 Å². The van der Waals surface area contributed by atoms with Crippen LogP contribution >= 0.6 is 0 Å². The van der Waals surface area contributed by atoms with Crippen LogP contribution in [-0.2, 0) is 4.74 Å². The van der Waals surface area contributed by atoms with Gasteiger partial charge in [-0.3, -0.25) is 0 Å². The fraction of sp³-hybridized carbons (Fsp3) is 0.556. The topological polar surface area (TPSA) is 41.9 Å². The molecule has 0 bridgehead atoms. The molecule has 0 aromatic heterocycles. The average Bonchev–Trinajstić information content (AvgIpc) is 2.54. The van der Waals surface area contributed by atoms with Crippen LogP contribution in [-0.4, -0.2) is 43.6 Å². The summed E-state index contributed by atoms with van der Waals surface area (Å²) in [4.78, 5) is 18.4. The highest BCUT2D eigenvalue weighted by Gasteiger charge is 2.26. The summed E-state index contributed by atoms with van der Waals surface area (Å²) < 4.78 is 41.2. The zero-order valence-corrected chi connectivity index (χ0v) is 15.1. The molecular weight excluding hydrogens is 333 g/mol. The van der Waals surface area contributed by atoms with Crippen LogP contribution in [0.1, 0.15) is 47.7 Å². The second-order valence-electron chi connectivity index (χ2n) is 5.91. The van der Waals surface area contributed by atoms with Crippen molar-refractivity contribution in [3.8, 4) is 0 Å². The smallest absolute Gasteiger partial charge is 0.389 e. The Morgan fingerprint density at radius 3 is 2.52 bits per heavy atom. The van der Waals surface area contributed by atoms with Crippen molar-refractivity contribution < 1.29 is 22.7 Å². The SMILES string of the molecule is CCN(C)/C=N/c1ccc(C(=O)OCCCCC(F)(F)F)c(C)c1C. The standard InChI is InChI=1S/C18H25F3N2O2/c1-5-23(4)12-22-16-9-8-15(13(2)14(16)3)17(24)25-11-7-6-10-18(19,20)21/h8-9,12H,5-7,10-11H2,1-4H3/b22-12+. The van der Waals surface area contributed by atoms with Crippen LogP contribution in [0.3, 0.4) is 0 Å². The Morgan fingerprint density at radius 2 is 1.92 bits per heavy atom. The third kappa shape index (κ3) is 7.15.